The first-order valence-electron chi connectivity index (χ1n) is 8.51. The van der Waals surface area contributed by atoms with Gasteiger partial charge < -0.3 is 10.2 Å². The zero-order valence-corrected chi connectivity index (χ0v) is 15.3. The Morgan fingerprint density at radius 3 is 2.12 bits per heavy atom. The van der Waals surface area contributed by atoms with Crippen LogP contribution in [0.15, 0.2) is 48.5 Å². The van der Waals surface area contributed by atoms with Crippen LogP contribution in [-0.2, 0) is 0 Å². The van der Waals surface area contributed by atoms with E-state index in [-0.39, 0.29) is 11.8 Å². The van der Waals surface area contributed by atoms with Gasteiger partial charge in [0, 0.05) is 34.9 Å². The third-order valence-electron chi connectivity index (χ3n) is 3.75. The molecule has 0 saturated carbocycles. The third kappa shape index (κ3) is 5.33. The molecule has 0 radical (unpaired) electrons. The van der Waals surface area contributed by atoms with Gasteiger partial charge in [-0.1, -0.05) is 31.5 Å². The Morgan fingerprint density at radius 2 is 1.56 bits per heavy atom. The summed E-state index contributed by atoms with van der Waals surface area (Å²) in [5.74, 6) is -0.231. The summed E-state index contributed by atoms with van der Waals surface area (Å²) >= 11 is 5.92. The number of nitrogens with zero attached hydrogens (tertiary/aromatic N) is 1. The molecule has 0 aliphatic heterocycles. The number of carbonyl (C=O) groups is 2. The van der Waals surface area contributed by atoms with Crippen LogP contribution in [0.5, 0.6) is 0 Å². The second-order valence-corrected chi connectivity index (χ2v) is 6.27. The van der Waals surface area contributed by atoms with E-state index in [9.17, 15) is 9.59 Å². The van der Waals surface area contributed by atoms with Crippen LogP contribution in [0.1, 0.15) is 47.4 Å². The molecule has 2 rings (SSSR count). The van der Waals surface area contributed by atoms with Crippen LogP contribution in [0.2, 0.25) is 5.02 Å². The Morgan fingerprint density at radius 1 is 0.960 bits per heavy atom. The lowest BCUT2D eigenvalue weighted by atomic mass is 10.1. The number of carbonyl (C=O) groups excluding carboxylic acids is 2. The van der Waals surface area contributed by atoms with Crippen molar-refractivity contribution in [3.63, 3.8) is 0 Å². The number of benzene rings is 2. The quantitative estimate of drug-likeness (QED) is 0.768. The van der Waals surface area contributed by atoms with E-state index in [1.807, 2.05) is 4.90 Å². The molecule has 0 aliphatic rings. The molecule has 0 aromatic heterocycles. The monoisotopic (exact) mass is 358 g/mol. The van der Waals surface area contributed by atoms with Crippen molar-refractivity contribution in [1.29, 1.82) is 0 Å². The first-order chi connectivity index (χ1) is 12.0. The molecule has 0 saturated heterocycles. The van der Waals surface area contributed by atoms with Crippen LogP contribution in [0, 0.1) is 0 Å². The van der Waals surface area contributed by atoms with Gasteiger partial charge in [0.25, 0.3) is 11.8 Å². The minimum atomic E-state index is -0.236. The van der Waals surface area contributed by atoms with E-state index in [0.717, 1.165) is 25.9 Å². The van der Waals surface area contributed by atoms with Crippen LogP contribution >= 0.6 is 11.6 Å². The Kier molecular flexibility index (Phi) is 7.02. The van der Waals surface area contributed by atoms with Crippen LogP contribution in [0.25, 0.3) is 0 Å². The average Bonchev–Trinajstić information content (AvgIpc) is 2.61. The molecule has 2 aromatic carbocycles. The van der Waals surface area contributed by atoms with Crippen molar-refractivity contribution >= 4 is 29.1 Å². The maximum Gasteiger partial charge on any atom is 0.255 e. The fourth-order valence-electron chi connectivity index (χ4n) is 2.57. The summed E-state index contributed by atoms with van der Waals surface area (Å²) < 4.78 is 0. The standard InChI is InChI=1S/C20H23ClN2O2/c1-3-12-23(13-4-2)20(25)16-10-8-15(9-11-16)19(24)22-18-7-5-6-17(21)14-18/h5-11,14H,3-4,12-13H2,1-2H3,(H,22,24). The van der Waals surface area contributed by atoms with E-state index in [1.54, 1.807) is 48.5 Å². The van der Waals surface area contributed by atoms with Crippen molar-refractivity contribution < 1.29 is 9.59 Å². The molecular formula is C20H23ClN2O2. The second-order valence-electron chi connectivity index (χ2n) is 5.83. The van der Waals surface area contributed by atoms with Gasteiger partial charge in [-0.15, -0.1) is 0 Å². The van der Waals surface area contributed by atoms with Crippen LogP contribution in [-0.4, -0.2) is 29.8 Å². The van der Waals surface area contributed by atoms with Crippen LogP contribution in [0.3, 0.4) is 0 Å². The number of rotatable bonds is 7. The van der Waals surface area contributed by atoms with Crippen molar-refractivity contribution in [3.05, 3.63) is 64.7 Å². The van der Waals surface area contributed by atoms with Gasteiger partial charge in [0.2, 0.25) is 0 Å². The molecular weight excluding hydrogens is 336 g/mol. The highest BCUT2D eigenvalue weighted by Crippen LogP contribution is 2.16. The molecule has 0 spiro atoms. The molecule has 132 valence electrons. The maximum absolute atomic E-state index is 12.5. The lowest BCUT2D eigenvalue weighted by molar-refractivity contribution is 0.0755. The number of amides is 2. The Labute approximate surface area is 153 Å². The topological polar surface area (TPSA) is 49.4 Å². The third-order valence-corrected chi connectivity index (χ3v) is 3.99. The zero-order valence-electron chi connectivity index (χ0n) is 14.6. The molecule has 0 bridgehead atoms. The Balaban J connectivity index is 2.08. The number of anilines is 1. The summed E-state index contributed by atoms with van der Waals surface area (Å²) in [6, 6.07) is 13.7. The lowest BCUT2D eigenvalue weighted by Crippen LogP contribution is -2.32. The molecule has 25 heavy (non-hydrogen) atoms. The summed E-state index contributed by atoms with van der Waals surface area (Å²) in [4.78, 5) is 26.7. The van der Waals surface area contributed by atoms with Gasteiger partial charge in [-0.25, -0.2) is 0 Å². The highest BCUT2D eigenvalue weighted by Gasteiger charge is 2.15. The SMILES string of the molecule is CCCN(CCC)C(=O)c1ccc(C(=O)Nc2cccc(Cl)c2)cc1. The first-order valence-corrected chi connectivity index (χ1v) is 8.89. The van der Waals surface area contributed by atoms with Crippen molar-refractivity contribution in [2.75, 3.05) is 18.4 Å². The molecule has 5 heteroatoms. The Hall–Kier alpha value is -2.33. The van der Waals surface area contributed by atoms with Gasteiger partial charge in [0.05, 0.1) is 0 Å². The fraction of sp³-hybridized carbons (Fsp3) is 0.300. The molecule has 0 atom stereocenters. The van der Waals surface area contributed by atoms with Crippen molar-refractivity contribution in [2.24, 2.45) is 0 Å². The summed E-state index contributed by atoms with van der Waals surface area (Å²) in [5, 5.41) is 3.35. The average molecular weight is 359 g/mol. The minimum Gasteiger partial charge on any atom is -0.339 e. The predicted octanol–water partition coefficient (Wildman–Crippen LogP) is 4.85. The summed E-state index contributed by atoms with van der Waals surface area (Å²) in [7, 11) is 0. The largest absolute Gasteiger partial charge is 0.339 e. The maximum atomic E-state index is 12.5. The van der Waals surface area contributed by atoms with E-state index in [2.05, 4.69) is 19.2 Å². The molecule has 2 amide bonds. The number of hydrogen-bond donors (Lipinski definition) is 1. The summed E-state index contributed by atoms with van der Waals surface area (Å²) in [5.41, 5.74) is 1.73. The van der Waals surface area contributed by atoms with Crippen molar-refractivity contribution in [2.45, 2.75) is 26.7 Å². The van der Waals surface area contributed by atoms with Gasteiger partial charge in [0.1, 0.15) is 0 Å². The van der Waals surface area contributed by atoms with Gasteiger partial charge in [-0.3, -0.25) is 9.59 Å². The Bertz CT molecular complexity index is 723. The molecule has 4 nitrogen and oxygen atoms in total. The minimum absolute atomic E-state index is 0.00509. The van der Waals surface area contributed by atoms with E-state index in [0.29, 0.717) is 21.8 Å². The predicted molar refractivity (Wildman–Crippen MR) is 102 cm³/mol. The van der Waals surface area contributed by atoms with Crippen LogP contribution in [0.4, 0.5) is 5.69 Å². The zero-order chi connectivity index (χ0) is 18.2. The lowest BCUT2D eigenvalue weighted by Gasteiger charge is -2.21. The highest BCUT2D eigenvalue weighted by molar-refractivity contribution is 6.31. The molecule has 0 heterocycles. The molecule has 0 aliphatic carbocycles. The summed E-state index contributed by atoms with van der Waals surface area (Å²) in [6.45, 7) is 5.59. The van der Waals surface area contributed by atoms with E-state index in [4.69, 9.17) is 11.6 Å². The normalized spacial score (nSPS) is 10.4. The van der Waals surface area contributed by atoms with E-state index >= 15 is 0 Å². The smallest absolute Gasteiger partial charge is 0.255 e. The van der Waals surface area contributed by atoms with Crippen molar-refractivity contribution in [1.82, 2.24) is 4.90 Å². The van der Waals surface area contributed by atoms with E-state index in [1.165, 1.54) is 0 Å². The molecule has 0 fully saturated rings. The number of hydrogen-bond acceptors (Lipinski definition) is 2. The molecule has 1 N–H and O–H groups in total. The van der Waals surface area contributed by atoms with Crippen molar-refractivity contribution in [3.8, 4) is 0 Å². The first kappa shape index (κ1) is 19.0. The number of halogens is 1. The highest BCUT2D eigenvalue weighted by atomic mass is 35.5. The fourth-order valence-corrected chi connectivity index (χ4v) is 2.76. The van der Waals surface area contributed by atoms with Gasteiger partial charge in [-0.2, -0.15) is 0 Å². The van der Waals surface area contributed by atoms with E-state index < -0.39 is 0 Å². The molecule has 0 unspecified atom stereocenters. The van der Waals surface area contributed by atoms with Gasteiger partial charge in [0.15, 0.2) is 0 Å². The molecule has 2 aromatic rings. The second kappa shape index (κ2) is 9.23. The summed E-state index contributed by atoms with van der Waals surface area (Å²) in [6.07, 6.45) is 1.84. The van der Waals surface area contributed by atoms with Gasteiger partial charge >= 0.3 is 0 Å². The van der Waals surface area contributed by atoms with Crippen LogP contribution < -0.4 is 5.32 Å². The van der Waals surface area contributed by atoms with Gasteiger partial charge in [-0.05, 0) is 55.3 Å². The number of nitrogens with one attached hydrogen (secondary N) is 1.